The Balaban J connectivity index is 3.01. The maximum absolute atomic E-state index is 5.84. The van der Waals surface area contributed by atoms with Crippen molar-refractivity contribution in [3.05, 3.63) is 0 Å². The molecule has 0 amide bonds. The van der Waals surface area contributed by atoms with E-state index in [4.69, 9.17) is 5.73 Å². The van der Waals surface area contributed by atoms with E-state index in [1.807, 2.05) is 6.26 Å². The molecule has 0 aromatic carbocycles. The van der Waals surface area contributed by atoms with Gasteiger partial charge in [-0.15, -0.1) is 11.8 Å². The predicted octanol–water partition coefficient (Wildman–Crippen LogP) is 3.07. The molecule has 1 unspecified atom stereocenters. The predicted molar refractivity (Wildman–Crippen MR) is 71.1 cm³/mol. The number of anilines is 2. The summed E-state index contributed by atoms with van der Waals surface area (Å²) in [6.07, 6.45) is 3.19. The molecule has 2 N–H and O–H groups in total. The number of aromatic nitrogens is 1. The Bertz CT molecular complexity index is 312. The maximum Gasteiger partial charge on any atom is 0.153 e. The van der Waals surface area contributed by atoms with Gasteiger partial charge in [0.2, 0.25) is 0 Å². The van der Waals surface area contributed by atoms with Crippen LogP contribution in [0.1, 0.15) is 27.2 Å². The number of nitrogens with two attached hydrogens (primary N) is 1. The highest BCUT2D eigenvalue weighted by Gasteiger charge is 2.19. The van der Waals surface area contributed by atoms with E-state index in [1.165, 1.54) is 16.5 Å². The molecule has 1 aromatic heterocycles. The van der Waals surface area contributed by atoms with Gasteiger partial charge in [-0.3, -0.25) is 0 Å². The van der Waals surface area contributed by atoms with E-state index in [1.54, 1.807) is 11.8 Å². The van der Waals surface area contributed by atoms with Crippen LogP contribution in [0.5, 0.6) is 0 Å². The Labute approximate surface area is 100 Å². The van der Waals surface area contributed by atoms with Crippen LogP contribution in [-0.2, 0) is 0 Å². The third kappa shape index (κ3) is 2.58. The average molecular weight is 245 g/mol. The molecule has 0 spiro atoms. The van der Waals surface area contributed by atoms with Gasteiger partial charge in [-0.1, -0.05) is 6.92 Å². The lowest BCUT2D eigenvalue weighted by molar-refractivity contribution is 0.631. The van der Waals surface area contributed by atoms with E-state index >= 15 is 0 Å². The third-order valence-corrected chi connectivity index (χ3v) is 4.43. The van der Waals surface area contributed by atoms with Crippen molar-refractivity contribution >= 4 is 34.1 Å². The molecule has 1 heterocycles. The first-order chi connectivity index (χ1) is 7.15. The van der Waals surface area contributed by atoms with Gasteiger partial charge in [-0.05, 0) is 38.1 Å². The molecule has 0 fully saturated rings. The summed E-state index contributed by atoms with van der Waals surface area (Å²) in [7, 11) is 0. The molecule has 0 aliphatic heterocycles. The first kappa shape index (κ1) is 12.6. The monoisotopic (exact) mass is 245 g/mol. The topological polar surface area (TPSA) is 42.2 Å². The lowest BCUT2D eigenvalue weighted by Gasteiger charge is -2.28. The summed E-state index contributed by atoms with van der Waals surface area (Å²) in [6, 6.07) is 0.542. The fourth-order valence-corrected chi connectivity index (χ4v) is 3.38. The van der Waals surface area contributed by atoms with Gasteiger partial charge in [0.05, 0.1) is 4.90 Å². The fraction of sp³-hybridized carbons (Fsp3) is 0.700. The van der Waals surface area contributed by atoms with E-state index in [0.29, 0.717) is 11.9 Å². The number of nitrogens with zero attached hydrogens (tertiary/aromatic N) is 2. The van der Waals surface area contributed by atoms with Crippen molar-refractivity contribution in [2.45, 2.75) is 38.1 Å². The molecular formula is C10H19N3S2. The van der Waals surface area contributed by atoms with Gasteiger partial charge in [-0.25, -0.2) is 0 Å². The van der Waals surface area contributed by atoms with Crippen LogP contribution in [0.3, 0.4) is 0 Å². The summed E-state index contributed by atoms with van der Waals surface area (Å²) in [5.41, 5.74) is 5.84. The van der Waals surface area contributed by atoms with E-state index in [0.717, 1.165) is 17.9 Å². The van der Waals surface area contributed by atoms with Gasteiger partial charge >= 0.3 is 0 Å². The molecule has 3 nitrogen and oxygen atoms in total. The second kappa shape index (κ2) is 5.61. The van der Waals surface area contributed by atoms with Gasteiger partial charge < -0.3 is 10.6 Å². The van der Waals surface area contributed by atoms with E-state index in [-0.39, 0.29) is 0 Å². The minimum absolute atomic E-state index is 0.542. The summed E-state index contributed by atoms with van der Waals surface area (Å²) in [5, 5.41) is 1.22. The number of thioether (sulfide) groups is 1. The molecule has 15 heavy (non-hydrogen) atoms. The van der Waals surface area contributed by atoms with Crippen LogP contribution in [0, 0.1) is 0 Å². The second-order valence-corrected chi connectivity index (χ2v) is 5.02. The molecule has 86 valence electrons. The highest BCUT2D eigenvalue weighted by atomic mass is 32.2. The minimum Gasteiger partial charge on any atom is -0.382 e. The second-order valence-electron chi connectivity index (χ2n) is 3.45. The number of hydrogen-bond donors (Lipinski definition) is 1. The normalized spacial score (nSPS) is 12.8. The largest absolute Gasteiger partial charge is 0.382 e. The first-order valence-corrected chi connectivity index (χ1v) is 7.21. The maximum atomic E-state index is 5.84. The third-order valence-electron chi connectivity index (χ3n) is 2.59. The van der Waals surface area contributed by atoms with Gasteiger partial charge in [0.15, 0.2) is 5.82 Å². The number of nitrogen functional groups attached to an aromatic ring is 1. The summed E-state index contributed by atoms with van der Waals surface area (Å²) in [4.78, 5) is 3.50. The van der Waals surface area contributed by atoms with Crippen molar-refractivity contribution < 1.29 is 0 Å². The number of hydrogen-bond acceptors (Lipinski definition) is 5. The van der Waals surface area contributed by atoms with Crippen LogP contribution < -0.4 is 10.6 Å². The minimum atomic E-state index is 0.542. The van der Waals surface area contributed by atoms with Crippen molar-refractivity contribution in [1.82, 2.24) is 4.37 Å². The van der Waals surface area contributed by atoms with Gasteiger partial charge in [0.25, 0.3) is 0 Å². The van der Waals surface area contributed by atoms with E-state index in [9.17, 15) is 0 Å². The lowest BCUT2D eigenvalue weighted by atomic mass is 10.2. The quantitative estimate of drug-likeness (QED) is 0.810. The molecule has 1 atom stereocenters. The molecule has 0 radical (unpaired) electrons. The Morgan fingerprint density at radius 1 is 1.53 bits per heavy atom. The van der Waals surface area contributed by atoms with Crippen LogP contribution in [-0.4, -0.2) is 23.2 Å². The van der Waals surface area contributed by atoms with Crippen LogP contribution in [0.4, 0.5) is 10.8 Å². The zero-order valence-electron chi connectivity index (χ0n) is 9.78. The Morgan fingerprint density at radius 2 is 2.20 bits per heavy atom. The number of rotatable bonds is 5. The standard InChI is InChI=1S/C10H19N3S2/c1-5-7(3)13(6-2)10-8(14-4)9(11)12-15-10/h7H,5-6H2,1-4H3,(H2,11,12). The van der Waals surface area contributed by atoms with Gasteiger partial charge in [0.1, 0.15) is 5.00 Å². The summed E-state index contributed by atoms with van der Waals surface area (Å²) in [5.74, 6) is 0.671. The fourth-order valence-electron chi connectivity index (χ4n) is 1.54. The van der Waals surface area contributed by atoms with Crippen molar-refractivity contribution in [2.24, 2.45) is 0 Å². The SMILES string of the molecule is CCC(C)N(CC)c1snc(N)c1SC. The summed E-state index contributed by atoms with van der Waals surface area (Å²) < 4.78 is 4.23. The molecule has 0 bridgehead atoms. The molecule has 1 aromatic rings. The van der Waals surface area contributed by atoms with E-state index in [2.05, 4.69) is 30.0 Å². The Morgan fingerprint density at radius 3 is 2.67 bits per heavy atom. The van der Waals surface area contributed by atoms with Crippen LogP contribution >= 0.6 is 23.3 Å². The zero-order chi connectivity index (χ0) is 11.4. The summed E-state index contributed by atoms with van der Waals surface area (Å²) in [6.45, 7) is 7.62. The van der Waals surface area contributed by atoms with Crippen molar-refractivity contribution in [3.63, 3.8) is 0 Å². The smallest absolute Gasteiger partial charge is 0.153 e. The molecule has 0 aliphatic carbocycles. The van der Waals surface area contributed by atoms with Crippen LogP contribution in [0.15, 0.2) is 4.90 Å². The highest BCUT2D eigenvalue weighted by molar-refractivity contribution is 7.99. The Kier molecular flexibility index (Phi) is 4.73. The molecular weight excluding hydrogens is 226 g/mol. The lowest BCUT2D eigenvalue weighted by Crippen LogP contribution is -2.31. The van der Waals surface area contributed by atoms with Crippen molar-refractivity contribution in [3.8, 4) is 0 Å². The van der Waals surface area contributed by atoms with Crippen LogP contribution in [0.2, 0.25) is 0 Å². The molecule has 1 rings (SSSR count). The Hall–Kier alpha value is -0.420. The molecule has 0 saturated carbocycles. The van der Waals surface area contributed by atoms with Gasteiger partial charge in [0, 0.05) is 12.6 Å². The molecule has 5 heteroatoms. The molecule has 0 aliphatic rings. The van der Waals surface area contributed by atoms with Crippen molar-refractivity contribution in [2.75, 3.05) is 23.4 Å². The zero-order valence-corrected chi connectivity index (χ0v) is 11.4. The average Bonchev–Trinajstić information content (AvgIpc) is 2.60. The molecule has 0 saturated heterocycles. The first-order valence-electron chi connectivity index (χ1n) is 5.21. The van der Waals surface area contributed by atoms with Gasteiger partial charge in [-0.2, -0.15) is 4.37 Å². The highest BCUT2D eigenvalue weighted by Crippen LogP contribution is 2.38. The van der Waals surface area contributed by atoms with E-state index < -0.39 is 0 Å². The van der Waals surface area contributed by atoms with Crippen LogP contribution in [0.25, 0.3) is 0 Å². The summed E-state index contributed by atoms with van der Waals surface area (Å²) >= 11 is 3.19. The van der Waals surface area contributed by atoms with Crippen molar-refractivity contribution in [1.29, 1.82) is 0 Å².